The maximum atomic E-state index is 14.3. The number of benzene rings is 3. The van der Waals surface area contributed by atoms with E-state index in [-0.39, 0.29) is 28.7 Å². The van der Waals surface area contributed by atoms with Crippen LogP contribution in [0.1, 0.15) is 28.2 Å². The minimum Gasteiger partial charge on any atom is -0.497 e. The monoisotopic (exact) mass is 485 g/mol. The number of anilines is 1. The van der Waals surface area contributed by atoms with E-state index in [9.17, 15) is 13.7 Å². The standard InChI is InChI=1S/C27H23N3O4S/c1-17-6-5-7-18(14-17)16-30-23-9-4-3-8-21(23)25-26(35(30,31)32)24(22(15-28)27(29)34-25)19-10-12-20(33-2)13-11-19/h3-14,24H,16,29H2,1-2H3. The average Bonchev–Trinajstić information content (AvgIpc) is 2.86. The Kier molecular flexibility index (Phi) is 5.50. The lowest BCUT2D eigenvalue weighted by atomic mass is 9.88. The molecule has 0 saturated heterocycles. The minimum atomic E-state index is -4.11. The zero-order valence-corrected chi connectivity index (χ0v) is 20.0. The van der Waals surface area contributed by atoms with E-state index in [1.54, 1.807) is 49.6 Å². The first-order valence-electron chi connectivity index (χ1n) is 11.0. The van der Waals surface area contributed by atoms with Gasteiger partial charge < -0.3 is 15.2 Å². The van der Waals surface area contributed by atoms with E-state index in [1.165, 1.54) is 4.31 Å². The van der Waals surface area contributed by atoms with Crippen molar-refractivity contribution < 1.29 is 17.9 Å². The fraction of sp³-hybridized carbons (Fsp3) is 0.148. The minimum absolute atomic E-state index is 0.000213. The van der Waals surface area contributed by atoms with Gasteiger partial charge in [0.1, 0.15) is 22.3 Å². The maximum absolute atomic E-state index is 14.3. The van der Waals surface area contributed by atoms with Crippen molar-refractivity contribution in [1.82, 2.24) is 0 Å². The second kappa shape index (κ2) is 8.53. The third kappa shape index (κ3) is 3.70. The van der Waals surface area contributed by atoms with Gasteiger partial charge in [-0.15, -0.1) is 0 Å². The normalized spacial score (nSPS) is 18.3. The summed E-state index contributed by atoms with van der Waals surface area (Å²) in [6.45, 7) is 2.10. The van der Waals surface area contributed by atoms with Crippen molar-refractivity contribution in [3.63, 3.8) is 0 Å². The number of nitriles is 1. The van der Waals surface area contributed by atoms with Crippen LogP contribution in [0, 0.1) is 18.3 Å². The van der Waals surface area contributed by atoms with E-state index < -0.39 is 15.9 Å². The highest BCUT2D eigenvalue weighted by Crippen LogP contribution is 2.51. The SMILES string of the molecule is COc1ccc(C2C(C#N)=C(N)OC3=C2S(=O)(=O)N(Cc2cccc(C)c2)c2ccccc23)cc1. The molecule has 5 rings (SSSR count). The molecular formula is C27H23N3O4S. The van der Waals surface area contributed by atoms with Gasteiger partial charge in [-0.3, -0.25) is 4.31 Å². The van der Waals surface area contributed by atoms with Crippen molar-refractivity contribution in [1.29, 1.82) is 5.26 Å². The predicted octanol–water partition coefficient (Wildman–Crippen LogP) is 4.53. The number of para-hydroxylation sites is 1. The Balaban J connectivity index is 1.74. The van der Waals surface area contributed by atoms with Gasteiger partial charge in [0.15, 0.2) is 5.76 Å². The number of allylic oxidation sites excluding steroid dienone is 2. The fourth-order valence-corrected chi connectivity index (χ4v) is 6.50. The van der Waals surface area contributed by atoms with E-state index >= 15 is 0 Å². The molecule has 8 heteroatoms. The van der Waals surface area contributed by atoms with Gasteiger partial charge in [0.25, 0.3) is 10.0 Å². The number of hydrogen-bond acceptors (Lipinski definition) is 6. The van der Waals surface area contributed by atoms with Crippen molar-refractivity contribution >= 4 is 21.5 Å². The molecule has 0 bridgehead atoms. The average molecular weight is 486 g/mol. The number of ether oxygens (including phenoxy) is 2. The van der Waals surface area contributed by atoms with Crippen LogP contribution in [0.2, 0.25) is 0 Å². The fourth-order valence-electron chi connectivity index (χ4n) is 4.59. The number of nitrogens with two attached hydrogens (primary N) is 1. The van der Waals surface area contributed by atoms with E-state index in [0.29, 0.717) is 22.6 Å². The van der Waals surface area contributed by atoms with Gasteiger partial charge in [-0.1, -0.05) is 54.1 Å². The molecule has 2 heterocycles. The van der Waals surface area contributed by atoms with E-state index in [2.05, 4.69) is 6.07 Å². The molecule has 2 aliphatic heterocycles. The van der Waals surface area contributed by atoms with Crippen molar-refractivity contribution in [2.24, 2.45) is 5.73 Å². The molecular weight excluding hydrogens is 462 g/mol. The molecule has 0 radical (unpaired) electrons. The van der Waals surface area contributed by atoms with E-state index in [0.717, 1.165) is 11.1 Å². The van der Waals surface area contributed by atoms with Crippen molar-refractivity contribution in [2.45, 2.75) is 19.4 Å². The Bertz CT molecular complexity index is 1530. The second-order valence-corrected chi connectivity index (χ2v) is 10.2. The molecule has 35 heavy (non-hydrogen) atoms. The maximum Gasteiger partial charge on any atom is 0.265 e. The Morgan fingerprint density at radius 1 is 1.09 bits per heavy atom. The summed E-state index contributed by atoms with van der Waals surface area (Å²) in [5, 5.41) is 9.96. The molecule has 3 aromatic carbocycles. The van der Waals surface area contributed by atoms with Gasteiger partial charge in [0.2, 0.25) is 5.88 Å². The Labute approximate surface area is 204 Å². The molecule has 0 amide bonds. The largest absolute Gasteiger partial charge is 0.497 e. The number of rotatable bonds is 4. The zero-order valence-electron chi connectivity index (χ0n) is 19.2. The summed E-state index contributed by atoms with van der Waals surface area (Å²) in [6.07, 6.45) is 0. The summed E-state index contributed by atoms with van der Waals surface area (Å²) >= 11 is 0. The van der Waals surface area contributed by atoms with Crippen LogP contribution in [0.3, 0.4) is 0 Å². The van der Waals surface area contributed by atoms with Crippen LogP contribution in [0.15, 0.2) is 89.2 Å². The van der Waals surface area contributed by atoms with Crippen LogP contribution >= 0.6 is 0 Å². The highest BCUT2D eigenvalue weighted by atomic mass is 32.2. The lowest BCUT2D eigenvalue weighted by Crippen LogP contribution is -2.39. The number of sulfonamides is 1. The summed E-state index contributed by atoms with van der Waals surface area (Å²) < 4.78 is 41.0. The number of fused-ring (bicyclic) bond motifs is 2. The predicted molar refractivity (Wildman–Crippen MR) is 133 cm³/mol. The van der Waals surface area contributed by atoms with E-state index in [1.807, 2.05) is 37.3 Å². The first kappa shape index (κ1) is 22.6. The third-order valence-electron chi connectivity index (χ3n) is 6.22. The van der Waals surface area contributed by atoms with Crippen LogP contribution in [0.4, 0.5) is 5.69 Å². The lowest BCUT2D eigenvalue weighted by molar-refractivity contribution is 0.357. The number of hydrogen-bond donors (Lipinski definition) is 1. The Morgan fingerprint density at radius 2 is 1.83 bits per heavy atom. The highest BCUT2D eigenvalue weighted by Gasteiger charge is 2.47. The second-order valence-electron chi connectivity index (χ2n) is 8.41. The molecule has 3 aromatic rings. The molecule has 2 aliphatic rings. The van der Waals surface area contributed by atoms with Crippen LogP contribution in [0.5, 0.6) is 5.75 Å². The third-order valence-corrected chi connectivity index (χ3v) is 8.10. The molecule has 0 fully saturated rings. The van der Waals surface area contributed by atoms with Gasteiger partial charge >= 0.3 is 0 Å². The lowest BCUT2D eigenvalue weighted by Gasteiger charge is -2.38. The molecule has 0 aliphatic carbocycles. The molecule has 0 aromatic heterocycles. The van der Waals surface area contributed by atoms with Crippen molar-refractivity contribution in [3.8, 4) is 11.8 Å². The first-order valence-corrected chi connectivity index (χ1v) is 12.4. The first-order chi connectivity index (χ1) is 16.8. The van der Waals surface area contributed by atoms with Crippen molar-refractivity contribution in [2.75, 3.05) is 11.4 Å². The summed E-state index contributed by atoms with van der Waals surface area (Å²) in [5.74, 6) is -0.265. The topological polar surface area (TPSA) is 106 Å². The molecule has 1 atom stereocenters. The number of nitrogens with zero attached hydrogens (tertiary/aromatic N) is 2. The van der Waals surface area contributed by atoms with Gasteiger partial charge in [0.05, 0.1) is 25.3 Å². The molecule has 2 N–H and O–H groups in total. The van der Waals surface area contributed by atoms with Gasteiger partial charge in [0, 0.05) is 5.56 Å². The highest BCUT2D eigenvalue weighted by molar-refractivity contribution is 7.96. The van der Waals surface area contributed by atoms with Gasteiger partial charge in [-0.2, -0.15) is 5.26 Å². The Hall–Kier alpha value is -4.22. The van der Waals surface area contributed by atoms with Crippen LogP contribution in [-0.2, 0) is 21.3 Å². The Morgan fingerprint density at radius 3 is 2.51 bits per heavy atom. The van der Waals surface area contributed by atoms with Crippen LogP contribution in [0.25, 0.3) is 5.76 Å². The van der Waals surface area contributed by atoms with Crippen molar-refractivity contribution in [3.05, 3.63) is 111 Å². The molecule has 176 valence electrons. The van der Waals surface area contributed by atoms with Gasteiger partial charge in [-0.25, -0.2) is 8.42 Å². The summed E-state index contributed by atoms with van der Waals surface area (Å²) in [4.78, 5) is -0.000213. The summed E-state index contributed by atoms with van der Waals surface area (Å²) in [7, 11) is -2.56. The number of aryl methyl sites for hydroxylation is 1. The summed E-state index contributed by atoms with van der Waals surface area (Å²) in [6, 6.07) is 23.9. The molecule has 0 saturated carbocycles. The van der Waals surface area contributed by atoms with Gasteiger partial charge in [-0.05, 0) is 42.3 Å². The molecule has 1 unspecified atom stereocenters. The number of methoxy groups -OCH3 is 1. The van der Waals surface area contributed by atoms with Crippen LogP contribution in [-0.4, -0.2) is 15.5 Å². The molecule has 0 spiro atoms. The van der Waals surface area contributed by atoms with E-state index in [4.69, 9.17) is 15.2 Å². The smallest absolute Gasteiger partial charge is 0.265 e. The summed E-state index contributed by atoms with van der Waals surface area (Å²) in [5.41, 5.74) is 9.79. The molecule has 7 nitrogen and oxygen atoms in total. The zero-order chi connectivity index (χ0) is 24.7. The van der Waals surface area contributed by atoms with Crippen LogP contribution < -0.4 is 14.8 Å². The quantitative estimate of drug-likeness (QED) is 0.582.